The summed E-state index contributed by atoms with van der Waals surface area (Å²) in [6, 6.07) is 23.7. The first-order chi connectivity index (χ1) is 17.5. The number of hydrogen-bond acceptors (Lipinski definition) is 4. The third-order valence-corrected chi connectivity index (χ3v) is 6.97. The van der Waals surface area contributed by atoms with Crippen LogP contribution in [0.4, 0.5) is 5.69 Å². The largest absolute Gasteiger partial charge is 0.494 e. The van der Waals surface area contributed by atoms with E-state index in [1.165, 1.54) is 12.1 Å². The highest BCUT2D eigenvalue weighted by Crippen LogP contribution is 2.48. The number of carbonyl (C=O) groups excluding carboxylic acids is 2. The maximum Gasteiger partial charge on any atom is 0.335 e. The van der Waals surface area contributed by atoms with Crippen molar-refractivity contribution >= 4 is 23.3 Å². The van der Waals surface area contributed by atoms with Crippen molar-refractivity contribution in [1.29, 1.82) is 0 Å². The van der Waals surface area contributed by atoms with Gasteiger partial charge in [0.15, 0.2) is 5.78 Å². The molecule has 1 heterocycles. The molecular formula is C30H27NO5. The molecule has 36 heavy (non-hydrogen) atoms. The second-order valence-electron chi connectivity index (χ2n) is 9.11. The highest BCUT2D eigenvalue weighted by Gasteiger charge is 2.43. The van der Waals surface area contributed by atoms with E-state index in [1.54, 1.807) is 17.0 Å². The Hall–Kier alpha value is -4.19. The number of rotatable bonds is 6. The van der Waals surface area contributed by atoms with Gasteiger partial charge in [0, 0.05) is 41.3 Å². The first kappa shape index (κ1) is 23.5. The van der Waals surface area contributed by atoms with E-state index in [1.807, 2.05) is 61.5 Å². The van der Waals surface area contributed by atoms with E-state index in [-0.39, 0.29) is 29.6 Å². The molecule has 0 spiro atoms. The first-order valence-electron chi connectivity index (χ1n) is 12.2. The van der Waals surface area contributed by atoms with Crippen LogP contribution >= 0.6 is 0 Å². The standard InChI is InChI=1S/C30H27NO5/c1-2-36-27-11-7-6-10-23(27)24-18-28(33)31(22-14-12-20(13-15-22)30(34)35)25-16-21(17-26(32)29(24)25)19-8-4-3-5-9-19/h3-15,21,24H,2,16-18H2,1H3,(H,34,35). The fourth-order valence-electron chi connectivity index (χ4n) is 5.37. The molecule has 0 saturated heterocycles. The average molecular weight is 482 g/mol. The van der Waals surface area contributed by atoms with Gasteiger partial charge in [-0.2, -0.15) is 0 Å². The minimum absolute atomic E-state index is 0.0288. The van der Waals surface area contributed by atoms with Crippen LogP contribution in [0.3, 0.4) is 0 Å². The zero-order valence-electron chi connectivity index (χ0n) is 20.0. The lowest BCUT2D eigenvalue weighted by atomic mass is 9.72. The second-order valence-corrected chi connectivity index (χ2v) is 9.11. The fourth-order valence-corrected chi connectivity index (χ4v) is 5.37. The predicted molar refractivity (Wildman–Crippen MR) is 136 cm³/mol. The summed E-state index contributed by atoms with van der Waals surface area (Å²) in [6.45, 7) is 2.39. The number of para-hydroxylation sites is 1. The van der Waals surface area contributed by atoms with Crippen molar-refractivity contribution in [1.82, 2.24) is 0 Å². The number of nitrogens with zero attached hydrogens (tertiary/aromatic N) is 1. The number of anilines is 1. The molecule has 0 aromatic heterocycles. The molecule has 1 aliphatic carbocycles. The van der Waals surface area contributed by atoms with Crippen molar-refractivity contribution in [2.75, 3.05) is 11.5 Å². The van der Waals surface area contributed by atoms with Crippen LogP contribution in [0.5, 0.6) is 5.75 Å². The summed E-state index contributed by atoms with van der Waals surface area (Å²) in [5.41, 5.74) is 3.95. The lowest BCUT2D eigenvalue weighted by Gasteiger charge is -2.40. The van der Waals surface area contributed by atoms with Gasteiger partial charge in [-0.1, -0.05) is 48.5 Å². The quantitative estimate of drug-likeness (QED) is 0.488. The van der Waals surface area contributed by atoms with E-state index in [4.69, 9.17) is 4.74 Å². The monoisotopic (exact) mass is 481 g/mol. The lowest BCUT2D eigenvalue weighted by Crippen LogP contribution is -2.42. The molecule has 0 radical (unpaired) electrons. The van der Waals surface area contributed by atoms with Crippen molar-refractivity contribution in [3.05, 3.63) is 107 Å². The van der Waals surface area contributed by atoms with Gasteiger partial charge in [0.25, 0.3) is 0 Å². The Morgan fingerprint density at radius 3 is 2.31 bits per heavy atom. The molecule has 3 aromatic rings. The van der Waals surface area contributed by atoms with E-state index in [0.29, 0.717) is 42.2 Å². The van der Waals surface area contributed by atoms with Crippen LogP contribution < -0.4 is 9.64 Å². The number of carboxylic acid groups (broad SMARTS) is 1. The number of carboxylic acids is 1. The molecule has 1 amide bonds. The number of aromatic carboxylic acids is 1. The minimum Gasteiger partial charge on any atom is -0.494 e. The first-order valence-corrected chi connectivity index (χ1v) is 12.2. The molecule has 1 N–H and O–H groups in total. The summed E-state index contributed by atoms with van der Waals surface area (Å²) in [7, 11) is 0. The number of Topliss-reactive ketones (excluding diaryl/α,β-unsaturated/α-hetero) is 1. The zero-order chi connectivity index (χ0) is 25.2. The lowest BCUT2D eigenvalue weighted by molar-refractivity contribution is -0.120. The highest BCUT2D eigenvalue weighted by atomic mass is 16.5. The summed E-state index contributed by atoms with van der Waals surface area (Å²) < 4.78 is 5.86. The highest BCUT2D eigenvalue weighted by molar-refractivity contribution is 6.08. The molecule has 0 fully saturated rings. The Balaban J connectivity index is 1.65. The third kappa shape index (κ3) is 4.31. The van der Waals surface area contributed by atoms with E-state index in [2.05, 4.69) is 0 Å². The fraction of sp³-hybridized carbons (Fsp3) is 0.233. The van der Waals surface area contributed by atoms with Gasteiger partial charge in [0.05, 0.1) is 12.2 Å². The molecule has 3 aromatic carbocycles. The zero-order valence-corrected chi connectivity index (χ0v) is 20.0. The smallest absolute Gasteiger partial charge is 0.335 e. The number of ether oxygens (including phenoxy) is 1. The van der Waals surface area contributed by atoms with E-state index in [9.17, 15) is 19.5 Å². The van der Waals surface area contributed by atoms with Gasteiger partial charge < -0.3 is 9.84 Å². The Kier molecular flexibility index (Phi) is 6.42. The molecule has 6 heteroatoms. The minimum atomic E-state index is -1.03. The maximum absolute atomic E-state index is 13.8. The summed E-state index contributed by atoms with van der Waals surface area (Å²) in [4.78, 5) is 40.5. The molecule has 1 aliphatic heterocycles. The molecule has 2 unspecified atom stereocenters. The number of benzene rings is 3. The second kappa shape index (κ2) is 9.82. The Morgan fingerprint density at radius 2 is 1.61 bits per heavy atom. The molecule has 0 bridgehead atoms. The molecule has 2 atom stereocenters. The number of amides is 1. The summed E-state index contributed by atoms with van der Waals surface area (Å²) in [6.07, 6.45) is 1.03. The van der Waals surface area contributed by atoms with E-state index in [0.717, 1.165) is 11.1 Å². The normalized spacial score (nSPS) is 19.8. The van der Waals surface area contributed by atoms with Crippen LogP contribution in [0.25, 0.3) is 0 Å². The summed E-state index contributed by atoms with van der Waals surface area (Å²) in [5, 5.41) is 9.31. The van der Waals surface area contributed by atoms with E-state index >= 15 is 0 Å². The molecule has 0 saturated carbocycles. The van der Waals surface area contributed by atoms with Crippen molar-refractivity contribution < 1.29 is 24.2 Å². The predicted octanol–water partition coefficient (Wildman–Crippen LogP) is 5.70. The topological polar surface area (TPSA) is 83.9 Å². The molecule has 2 aliphatic rings. The Bertz CT molecular complexity index is 1340. The van der Waals surface area contributed by atoms with Crippen molar-refractivity contribution in [2.24, 2.45) is 0 Å². The van der Waals surface area contributed by atoms with Crippen molar-refractivity contribution in [2.45, 2.75) is 38.0 Å². The molecular weight excluding hydrogens is 454 g/mol. The van der Waals surface area contributed by atoms with Gasteiger partial charge in [0.2, 0.25) is 5.91 Å². The summed E-state index contributed by atoms with van der Waals surface area (Å²) >= 11 is 0. The Morgan fingerprint density at radius 1 is 0.917 bits per heavy atom. The third-order valence-electron chi connectivity index (χ3n) is 6.97. The van der Waals surface area contributed by atoms with Crippen molar-refractivity contribution in [3.63, 3.8) is 0 Å². The van der Waals surface area contributed by atoms with Gasteiger partial charge in [-0.25, -0.2) is 4.79 Å². The molecule has 182 valence electrons. The van der Waals surface area contributed by atoms with Crippen LogP contribution in [-0.4, -0.2) is 29.4 Å². The number of allylic oxidation sites excluding steroid dienone is 2. The number of carbonyl (C=O) groups is 3. The Labute approximate surface area is 209 Å². The SMILES string of the molecule is CCOc1ccccc1C1CC(=O)N(c2ccc(C(=O)O)cc2)C2=C1C(=O)CC(c1ccccc1)C2. The van der Waals surface area contributed by atoms with Gasteiger partial charge in [-0.15, -0.1) is 0 Å². The van der Waals surface area contributed by atoms with Gasteiger partial charge in [-0.05, 0) is 55.2 Å². The summed E-state index contributed by atoms with van der Waals surface area (Å²) in [5.74, 6) is -0.894. The molecule has 5 rings (SSSR count). The van der Waals surface area contributed by atoms with E-state index < -0.39 is 11.9 Å². The number of hydrogen-bond donors (Lipinski definition) is 1. The van der Waals surface area contributed by atoms with Crippen LogP contribution in [-0.2, 0) is 9.59 Å². The molecule has 6 nitrogen and oxygen atoms in total. The van der Waals surface area contributed by atoms with Gasteiger partial charge >= 0.3 is 5.97 Å². The van der Waals surface area contributed by atoms with Crippen LogP contribution in [0, 0.1) is 0 Å². The van der Waals surface area contributed by atoms with Gasteiger partial charge in [0.1, 0.15) is 5.75 Å². The maximum atomic E-state index is 13.8. The van der Waals surface area contributed by atoms with Gasteiger partial charge in [-0.3, -0.25) is 14.5 Å². The van der Waals surface area contributed by atoms with Crippen LogP contribution in [0.1, 0.15) is 59.5 Å². The number of ketones is 1. The van der Waals surface area contributed by atoms with Crippen LogP contribution in [0.2, 0.25) is 0 Å². The van der Waals surface area contributed by atoms with Crippen molar-refractivity contribution in [3.8, 4) is 5.75 Å². The van der Waals surface area contributed by atoms with Crippen LogP contribution in [0.15, 0.2) is 90.1 Å². The average Bonchev–Trinajstić information content (AvgIpc) is 2.89.